The quantitative estimate of drug-likeness (QED) is 0.219. The Morgan fingerprint density at radius 3 is 1.76 bits per heavy atom. The Labute approximate surface area is 194 Å². The van der Waals surface area contributed by atoms with E-state index in [0.29, 0.717) is 17.8 Å². The number of rotatable bonds is 10. The minimum Gasteiger partial charge on any atom is -0.460 e. The Hall–Kier alpha value is -3.24. The van der Waals surface area contributed by atoms with E-state index >= 15 is 0 Å². The maximum absolute atomic E-state index is 11.0. The molecular weight excluding hydrogens is 436 g/mol. The first-order valence-corrected chi connectivity index (χ1v) is 10.1. The van der Waals surface area contributed by atoms with Crippen LogP contribution in [0.3, 0.4) is 0 Å². The van der Waals surface area contributed by atoms with Gasteiger partial charge in [0, 0.05) is 29.7 Å². The molecule has 0 aliphatic carbocycles. The highest BCUT2D eigenvalue weighted by Gasteiger charge is 2.17. The van der Waals surface area contributed by atoms with Crippen molar-refractivity contribution in [2.75, 3.05) is 33.0 Å². The lowest BCUT2D eigenvalue weighted by molar-refractivity contribution is -0.182. The third-order valence-electron chi connectivity index (χ3n) is 3.30. The van der Waals surface area contributed by atoms with Gasteiger partial charge in [0.2, 0.25) is 6.29 Å². The van der Waals surface area contributed by atoms with E-state index in [-0.39, 0.29) is 38.7 Å². The number of carbonyl (C=O) groups is 4. The third kappa shape index (κ3) is 20.4. The summed E-state index contributed by atoms with van der Waals surface area (Å²) in [5.41, 5.74) is 0.771. The summed E-state index contributed by atoms with van der Waals surface area (Å²) in [5.74, 6) is -1.89. The van der Waals surface area contributed by atoms with Gasteiger partial charge in [-0.2, -0.15) is 0 Å². The molecule has 10 nitrogen and oxygen atoms in total. The maximum Gasteiger partial charge on any atom is 0.335 e. The van der Waals surface area contributed by atoms with Crippen LogP contribution >= 0.6 is 0 Å². The van der Waals surface area contributed by atoms with Gasteiger partial charge in [0.25, 0.3) is 0 Å². The third-order valence-corrected chi connectivity index (χ3v) is 3.30. The summed E-state index contributed by atoms with van der Waals surface area (Å²) in [7, 11) is 0. The molecule has 1 saturated heterocycles. The van der Waals surface area contributed by atoms with E-state index in [9.17, 15) is 19.2 Å². The Bertz CT molecular complexity index is 653. The van der Waals surface area contributed by atoms with E-state index in [2.05, 4.69) is 40.5 Å². The fraction of sp³-hybridized carbons (Fsp3) is 0.478. The Kier molecular flexibility index (Phi) is 20.0. The number of aliphatic hydroxyl groups is 1. The Balaban J connectivity index is 0. The van der Waals surface area contributed by atoms with Crippen LogP contribution in [0.4, 0.5) is 0 Å². The van der Waals surface area contributed by atoms with Gasteiger partial charge in [0.1, 0.15) is 19.8 Å². The predicted molar refractivity (Wildman–Crippen MR) is 120 cm³/mol. The van der Waals surface area contributed by atoms with E-state index in [1.807, 2.05) is 0 Å². The predicted octanol–water partition coefficient (Wildman–Crippen LogP) is 2.18. The van der Waals surface area contributed by atoms with Crippen molar-refractivity contribution in [3.05, 3.63) is 49.6 Å². The van der Waals surface area contributed by atoms with Gasteiger partial charge in [0.05, 0.1) is 13.2 Å². The Morgan fingerprint density at radius 2 is 1.39 bits per heavy atom. The van der Waals surface area contributed by atoms with Crippen LogP contribution < -0.4 is 0 Å². The number of hydrogen-bond acceptors (Lipinski definition) is 10. The van der Waals surface area contributed by atoms with Crippen LogP contribution in [0, 0.1) is 0 Å². The first-order valence-electron chi connectivity index (χ1n) is 10.1. The van der Waals surface area contributed by atoms with Crippen molar-refractivity contribution in [1.82, 2.24) is 0 Å². The molecule has 0 aromatic rings. The van der Waals surface area contributed by atoms with E-state index in [1.54, 1.807) is 13.8 Å². The van der Waals surface area contributed by atoms with Gasteiger partial charge >= 0.3 is 23.9 Å². The van der Waals surface area contributed by atoms with E-state index in [4.69, 9.17) is 14.6 Å². The fourth-order valence-electron chi connectivity index (χ4n) is 1.69. The van der Waals surface area contributed by atoms with Gasteiger partial charge in [-0.3, -0.25) is 0 Å². The van der Waals surface area contributed by atoms with Crippen molar-refractivity contribution < 1.29 is 48.0 Å². The zero-order valence-corrected chi connectivity index (χ0v) is 19.3. The van der Waals surface area contributed by atoms with Crippen LogP contribution in [-0.4, -0.2) is 68.3 Å². The van der Waals surface area contributed by atoms with Crippen molar-refractivity contribution in [1.29, 1.82) is 0 Å². The van der Waals surface area contributed by atoms with E-state index < -0.39 is 17.9 Å². The highest BCUT2D eigenvalue weighted by atomic mass is 16.7. The second-order valence-electron chi connectivity index (χ2n) is 6.36. The zero-order chi connectivity index (χ0) is 25.6. The summed E-state index contributed by atoms with van der Waals surface area (Å²) in [6.45, 7) is 17.1. The normalized spacial score (nSPS) is 13.8. The largest absolute Gasteiger partial charge is 0.460 e. The van der Waals surface area contributed by atoms with Crippen LogP contribution in [-0.2, 0) is 42.9 Å². The highest BCUT2D eigenvalue weighted by Crippen LogP contribution is 2.14. The summed E-state index contributed by atoms with van der Waals surface area (Å²) in [5, 5.41) is 8.19. The number of ether oxygens (including phenoxy) is 5. The topological polar surface area (TPSA) is 135 Å². The SMILES string of the molecule is C=C(C)C(=O)OC1CCCCO1.C=C(C)C(=O)OCCO.C=CC(=O)OCCOC(=O)C=C. The van der Waals surface area contributed by atoms with Crippen LogP contribution in [0.15, 0.2) is 49.6 Å². The first-order chi connectivity index (χ1) is 15.6. The molecule has 1 N–H and O–H groups in total. The summed E-state index contributed by atoms with van der Waals surface area (Å²) < 4.78 is 23.7. The number of hydrogen-bond donors (Lipinski definition) is 1. The lowest BCUT2D eigenvalue weighted by atomic mass is 10.2. The average Bonchev–Trinajstić information content (AvgIpc) is 2.81. The molecule has 1 unspecified atom stereocenters. The number of aliphatic hydroxyl groups excluding tert-OH is 1. The smallest absolute Gasteiger partial charge is 0.335 e. The van der Waals surface area contributed by atoms with E-state index in [0.717, 1.165) is 31.4 Å². The van der Waals surface area contributed by atoms with Crippen molar-refractivity contribution in [3.8, 4) is 0 Å². The highest BCUT2D eigenvalue weighted by molar-refractivity contribution is 5.87. The molecule has 33 heavy (non-hydrogen) atoms. The van der Waals surface area contributed by atoms with Gasteiger partial charge in [-0.15, -0.1) is 0 Å². The van der Waals surface area contributed by atoms with Crippen molar-refractivity contribution in [2.24, 2.45) is 0 Å². The molecule has 186 valence electrons. The van der Waals surface area contributed by atoms with E-state index in [1.165, 1.54) is 0 Å². The Morgan fingerprint density at radius 1 is 0.879 bits per heavy atom. The molecule has 10 heteroatoms. The molecule has 0 amide bonds. The van der Waals surface area contributed by atoms with Crippen molar-refractivity contribution >= 4 is 23.9 Å². The standard InChI is InChI=1S/C9H14O3.C8H10O4.C6H10O3/c1-7(2)9(10)12-8-5-3-4-6-11-8;1-3-7(9)11-5-6-12-8(10)4-2;1-5(2)6(8)9-4-3-7/h8H,1,3-6H2,2H3;3-4H,1-2,5-6H2;7H,1,3-4H2,2H3. The number of carbonyl (C=O) groups excluding carboxylic acids is 4. The van der Waals surface area contributed by atoms with Crippen LogP contribution in [0.1, 0.15) is 33.1 Å². The summed E-state index contributed by atoms with van der Waals surface area (Å²) in [6.07, 6.45) is 4.65. The van der Waals surface area contributed by atoms with Crippen LogP contribution in [0.25, 0.3) is 0 Å². The monoisotopic (exact) mass is 470 g/mol. The van der Waals surface area contributed by atoms with Crippen LogP contribution in [0.5, 0.6) is 0 Å². The molecule has 0 saturated carbocycles. The second kappa shape index (κ2) is 20.7. The lowest BCUT2D eigenvalue weighted by Crippen LogP contribution is -2.25. The van der Waals surface area contributed by atoms with Crippen LogP contribution in [0.2, 0.25) is 0 Å². The molecular formula is C23H34O10. The molecule has 1 fully saturated rings. The van der Waals surface area contributed by atoms with Crippen molar-refractivity contribution in [2.45, 2.75) is 39.4 Å². The molecule has 0 aromatic carbocycles. The summed E-state index contributed by atoms with van der Waals surface area (Å²) in [4.78, 5) is 42.3. The molecule has 1 aliphatic rings. The molecule has 0 bridgehead atoms. The second-order valence-corrected chi connectivity index (χ2v) is 6.36. The number of esters is 4. The summed E-state index contributed by atoms with van der Waals surface area (Å²) in [6, 6.07) is 0. The minimum atomic E-state index is -0.537. The molecule has 0 aromatic heterocycles. The van der Waals surface area contributed by atoms with Gasteiger partial charge in [-0.1, -0.05) is 26.3 Å². The van der Waals surface area contributed by atoms with Gasteiger partial charge in [0.15, 0.2) is 0 Å². The first kappa shape index (κ1) is 31.9. The lowest BCUT2D eigenvalue weighted by Gasteiger charge is -2.22. The van der Waals surface area contributed by atoms with Gasteiger partial charge in [-0.25, -0.2) is 19.2 Å². The summed E-state index contributed by atoms with van der Waals surface area (Å²) >= 11 is 0. The molecule has 0 spiro atoms. The molecule has 1 aliphatic heterocycles. The molecule has 1 atom stereocenters. The average molecular weight is 471 g/mol. The molecule has 1 heterocycles. The fourth-order valence-corrected chi connectivity index (χ4v) is 1.69. The van der Waals surface area contributed by atoms with Gasteiger partial charge < -0.3 is 28.8 Å². The molecule has 0 radical (unpaired) electrons. The maximum atomic E-state index is 11.0. The minimum absolute atomic E-state index is 0.0322. The van der Waals surface area contributed by atoms with Crippen molar-refractivity contribution in [3.63, 3.8) is 0 Å². The molecule has 1 rings (SSSR count). The van der Waals surface area contributed by atoms with Gasteiger partial charge in [-0.05, 0) is 26.7 Å². The zero-order valence-electron chi connectivity index (χ0n) is 19.3.